The fourth-order valence-corrected chi connectivity index (χ4v) is 3.62. The molecule has 0 bridgehead atoms. The number of aryl methyl sites for hydroxylation is 1. The van der Waals surface area contributed by atoms with Crippen LogP contribution in [0.2, 0.25) is 0 Å². The molecule has 30 heavy (non-hydrogen) atoms. The molecule has 0 fully saturated rings. The van der Waals surface area contributed by atoms with Crippen LogP contribution in [-0.2, 0) is 0 Å². The summed E-state index contributed by atoms with van der Waals surface area (Å²) in [5.74, 6) is 0.741. The van der Waals surface area contributed by atoms with Crippen LogP contribution in [0.5, 0.6) is 0 Å². The van der Waals surface area contributed by atoms with E-state index in [-0.39, 0.29) is 11.4 Å². The number of aromatic nitrogens is 4. The molecule has 3 aromatic carbocycles. The lowest BCUT2D eigenvalue weighted by atomic mass is 10.1. The van der Waals surface area contributed by atoms with Gasteiger partial charge in [0.15, 0.2) is 5.69 Å². The van der Waals surface area contributed by atoms with E-state index in [0.29, 0.717) is 28.0 Å². The van der Waals surface area contributed by atoms with Crippen LogP contribution < -0.4 is 5.56 Å². The van der Waals surface area contributed by atoms with Crippen LogP contribution >= 0.6 is 15.9 Å². The Kier molecular flexibility index (Phi) is 4.52. The summed E-state index contributed by atoms with van der Waals surface area (Å²) in [6, 6.07) is 22.5. The molecule has 0 radical (unpaired) electrons. The first kappa shape index (κ1) is 18.4. The molecule has 146 valence electrons. The fourth-order valence-electron chi connectivity index (χ4n) is 3.36. The van der Waals surface area contributed by atoms with E-state index >= 15 is 0 Å². The zero-order valence-corrected chi connectivity index (χ0v) is 17.5. The SMILES string of the molecule is Cc1ccccc1-c1noc(-c2nn(-c3ccc(Br)cc3)c(=O)c3ccccc23)n1. The Morgan fingerprint density at radius 3 is 2.37 bits per heavy atom. The predicted octanol–water partition coefficient (Wildman–Crippen LogP) is 5.17. The quantitative estimate of drug-likeness (QED) is 0.372. The molecule has 0 aliphatic carbocycles. The molecule has 0 aliphatic heterocycles. The topological polar surface area (TPSA) is 73.8 Å². The van der Waals surface area contributed by atoms with Gasteiger partial charge in [0.05, 0.1) is 11.1 Å². The summed E-state index contributed by atoms with van der Waals surface area (Å²) in [4.78, 5) is 17.7. The molecule has 0 N–H and O–H groups in total. The first-order valence-electron chi connectivity index (χ1n) is 9.30. The van der Waals surface area contributed by atoms with E-state index in [2.05, 4.69) is 31.2 Å². The number of nitrogens with zero attached hydrogens (tertiary/aromatic N) is 4. The van der Waals surface area contributed by atoms with Crippen molar-refractivity contribution in [1.82, 2.24) is 19.9 Å². The fraction of sp³-hybridized carbons (Fsp3) is 0.0435. The summed E-state index contributed by atoms with van der Waals surface area (Å²) in [5.41, 5.74) is 2.82. The van der Waals surface area contributed by atoms with E-state index in [0.717, 1.165) is 15.6 Å². The van der Waals surface area contributed by atoms with Gasteiger partial charge in [-0.2, -0.15) is 14.8 Å². The normalized spacial score (nSPS) is 11.1. The van der Waals surface area contributed by atoms with Gasteiger partial charge in [0.25, 0.3) is 11.4 Å². The standard InChI is InChI=1S/C23H15BrN4O2/c1-14-6-2-3-7-17(14)21-25-22(30-27-21)20-18-8-4-5-9-19(18)23(29)28(26-20)16-12-10-15(24)11-13-16/h2-13H,1H3. The second kappa shape index (κ2) is 7.35. The van der Waals surface area contributed by atoms with Crippen molar-refractivity contribution in [3.63, 3.8) is 0 Å². The average Bonchev–Trinajstić information content (AvgIpc) is 3.25. The highest BCUT2D eigenvalue weighted by atomic mass is 79.9. The van der Waals surface area contributed by atoms with Gasteiger partial charge in [-0.25, -0.2) is 0 Å². The van der Waals surface area contributed by atoms with Gasteiger partial charge in [0.2, 0.25) is 5.82 Å². The molecular weight excluding hydrogens is 444 g/mol. The molecule has 6 nitrogen and oxygen atoms in total. The lowest BCUT2D eigenvalue weighted by Crippen LogP contribution is -2.22. The minimum absolute atomic E-state index is 0.213. The van der Waals surface area contributed by atoms with E-state index in [1.54, 1.807) is 6.07 Å². The summed E-state index contributed by atoms with van der Waals surface area (Å²) in [7, 11) is 0. The third kappa shape index (κ3) is 3.13. The molecule has 0 aliphatic rings. The highest BCUT2D eigenvalue weighted by Gasteiger charge is 2.19. The van der Waals surface area contributed by atoms with E-state index in [1.807, 2.05) is 73.7 Å². The maximum absolute atomic E-state index is 13.1. The van der Waals surface area contributed by atoms with Gasteiger partial charge >= 0.3 is 0 Å². The number of benzene rings is 3. The van der Waals surface area contributed by atoms with Gasteiger partial charge in [0, 0.05) is 15.4 Å². The van der Waals surface area contributed by atoms with Crippen LogP contribution in [0.1, 0.15) is 5.56 Å². The molecule has 5 rings (SSSR count). The molecule has 0 saturated carbocycles. The molecule has 0 amide bonds. The lowest BCUT2D eigenvalue weighted by Gasteiger charge is -2.09. The second-order valence-electron chi connectivity index (χ2n) is 6.83. The van der Waals surface area contributed by atoms with Crippen LogP contribution in [-0.4, -0.2) is 19.9 Å². The molecule has 5 aromatic rings. The van der Waals surface area contributed by atoms with Crippen LogP contribution in [0, 0.1) is 6.92 Å². The molecule has 0 spiro atoms. The van der Waals surface area contributed by atoms with E-state index in [4.69, 9.17) is 4.52 Å². The molecule has 2 heterocycles. The Balaban J connectivity index is 1.74. The van der Waals surface area contributed by atoms with Crippen molar-refractivity contribution in [3.05, 3.63) is 93.2 Å². The zero-order chi connectivity index (χ0) is 20.7. The average molecular weight is 459 g/mol. The van der Waals surface area contributed by atoms with Gasteiger partial charge in [0.1, 0.15) is 0 Å². The molecule has 0 unspecified atom stereocenters. The minimum Gasteiger partial charge on any atom is -0.332 e. The maximum atomic E-state index is 13.1. The van der Waals surface area contributed by atoms with Crippen molar-refractivity contribution in [2.75, 3.05) is 0 Å². The van der Waals surface area contributed by atoms with E-state index < -0.39 is 0 Å². The number of halogens is 1. The van der Waals surface area contributed by atoms with Gasteiger partial charge in [-0.15, -0.1) is 0 Å². The first-order chi connectivity index (χ1) is 14.6. The largest absolute Gasteiger partial charge is 0.332 e. The van der Waals surface area contributed by atoms with Crippen LogP contribution in [0.4, 0.5) is 0 Å². The summed E-state index contributed by atoms with van der Waals surface area (Å²) in [5, 5.41) is 9.93. The Labute approximate surface area is 179 Å². The van der Waals surface area contributed by atoms with Crippen molar-refractivity contribution in [2.24, 2.45) is 0 Å². The Hall–Kier alpha value is -3.58. The molecule has 2 aromatic heterocycles. The van der Waals surface area contributed by atoms with Crippen molar-refractivity contribution in [3.8, 4) is 28.7 Å². The molecule has 0 saturated heterocycles. The van der Waals surface area contributed by atoms with E-state index in [1.165, 1.54) is 4.68 Å². The highest BCUT2D eigenvalue weighted by molar-refractivity contribution is 9.10. The van der Waals surface area contributed by atoms with Crippen LogP contribution in [0.25, 0.3) is 39.4 Å². The van der Waals surface area contributed by atoms with Crippen molar-refractivity contribution < 1.29 is 4.52 Å². The minimum atomic E-state index is -0.213. The highest BCUT2D eigenvalue weighted by Crippen LogP contribution is 2.27. The summed E-state index contributed by atoms with van der Waals surface area (Å²) in [6.07, 6.45) is 0. The summed E-state index contributed by atoms with van der Waals surface area (Å²) in [6.45, 7) is 1.99. The number of rotatable bonds is 3. The molecule has 7 heteroatoms. The monoisotopic (exact) mass is 458 g/mol. The third-order valence-electron chi connectivity index (χ3n) is 4.89. The number of hydrogen-bond acceptors (Lipinski definition) is 5. The van der Waals surface area contributed by atoms with Gasteiger partial charge < -0.3 is 4.52 Å². The maximum Gasteiger partial charge on any atom is 0.279 e. The smallest absolute Gasteiger partial charge is 0.279 e. The van der Waals surface area contributed by atoms with Crippen molar-refractivity contribution in [2.45, 2.75) is 6.92 Å². The van der Waals surface area contributed by atoms with Gasteiger partial charge in [-0.1, -0.05) is 63.6 Å². The third-order valence-corrected chi connectivity index (χ3v) is 5.42. The first-order valence-corrected chi connectivity index (χ1v) is 10.1. The summed E-state index contributed by atoms with van der Waals surface area (Å²) >= 11 is 3.42. The Bertz CT molecular complexity index is 1440. The van der Waals surface area contributed by atoms with Gasteiger partial charge in [-0.05, 0) is 42.8 Å². The lowest BCUT2D eigenvalue weighted by molar-refractivity contribution is 0.430. The number of hydrogen-bond donors (Lipinski definition) is 0. The van der Waals surface area contributed by atoms with Crippen LogP contribution in [0.15, 0.2) is 86.6 Å². The molecular formula is C23H15BrN4O2. The Morgan fingerprint density at radius 2 is 1.60 bits per heavy atom. The summed E-state index contributed by atoms with van der Waals surface area (Å²) < 4.78 is 7.85. The van der Waals surface area contributed by atoms with Crippen molar-refractivity contribution >= 4 is 26.7 Å². The molecule has 0 atom stereocenters. The van der Waals surface area contributed by atoms with Crippen molar-refractivity contribution in [1.29, 1.82) is 0 Å². The predicted molar refractivity (Wildman–Crippen MR) is 119 cm³/mol. The van der Waals surface area contributed by atoms with Crippen LogP contribution in [0.3, 0.4) is 0 Å². The zero-order valence-electron chi connectivity index (χ0n) is 15.9. The second-order valence-corrected chi connectivity index (χ2v) is 7.74. The van der Waals surface area contributed by atoms with E-state index in [9.17, 15) is 4.79 Å². The number of fused-ring (bicyclic) bond motifs is 1. The Morgan fingerprint density at radius 1 is 0.900 bits per heavy atom. The van der Waals surface area contributed by atoms with Gasteiger partial charge in [-0.3, -0.25) is 4.79 Å².